The highest BCUT2D eigenvalue weighted by Crippen LogP contribution is 2.42. The van der Waals surface area contributed by atoms with Gasteiger partial charge in [-0.25, -0.2) is 0 Å². The maximum Gasteiger partial charge on any atom is 0.229 e. The molecule has 8 atom stereocenters. The molecule has 1 aromatic carbocycles. The number of benzene rings is 1. The predicted octanol–water partition coefficient (Wildman–Crippen LogP) is -2.65. The molecule has 3 rings (SSSR count). The standard InChI is InChI=1S/C22H32O13/c1-30-12-6-5-11(4-3-7-23)16(31-2)17(12)34-20-15(27)18(14(26)13(8-24)33-20)35-21-19(28)22(29,9-25)10-32-21/h3-6,13-15,18-21,23-29H,7-10H2,1-2H3. The zero-order valence-electron chi connectivity index (χ0n) is 19.3. The topological polar surface area (TPSA) is 197 Å². The van der Waals surface area contributed by atoms with Crippen LogP contribution in [0.2, 0.25) is 0 Å². The third kappa shape index (κ3) is 5.54. The van der Waals surface area contributed by atoms with Gasteiger partial charge < -0.3 is 64.2 Å². The van der Waals surface area contributed by atoms with Crippen molar-refractivity contribution in [1.29, 1.82) is 0 Å². The van der Waals surface area contributed by atoms with Gasteiger partial charge in [-0.15, -0.1) is 0 Å². The van der Waals surface area contributed by atoms with Crippen molar-refractivity contribution in [3.8, 4) is 17.2 Å². The first kappa shape index (κ1) is 27.5. The van der Waals surface area contributed by atoms with Crippen molar-refractivity contribution in [2.75, 3.05) is 40.6 Å². The van der Waals surface area contributed by atoms with Crippen LogP contribution in [-0.4, -0.2) is 125 Å². The number of aliphatic hydroxyl groups excluding tert-OH is 6. The average molecular weight is 504 g/mol. The zero-order valence-corrected chi connectivity index (χ0v) is 19.3. The van der Waals surface area contributed by atoms with E-state index >= 15 is 0 Å². The molecule has 0 bridgehead atoms. The molecule has 13 nitrogen and oxygen atoms in total. The highest BCUT2D eigenvalue weighted by atomic mass is 16.7. The number of hydrogen-bond donors (Lipinski definition) is 7. The Hall–Kier alpha value is -2.04. The Morgan fingerprint density at radius 1 is 1.03 bits per heavy atom. The second-order valence-corrected chi connectivity index (χ2v) is 8.12. The number of rotatable bonds is 10. The Morgan fingerprint density at radius 2 is 1.77 bits per heavy atom. The largest absolute Gasteiger partial charge is 0.493 e. The molecule has 0 spiro atoms. The van der Waals surface area contributed by atoms with Gasteiger partial charge >= 0.3 is 0 Å². The van der Waals surface area contributed by atoms with Gasteiger partial charge in [-0.3, -0.25) is 0 Å². The highest BCUT2D eigenvalue weighted by Gasteiger charge is 2.53. The van der Waals surface area contributed by atoms with E-state index in [4.69, 9.17) is 33.5 Å². The van der Waals surface area contributed by atoms with Crippen LogP contribution in [0.15, 0.2) is 18.2 Å². The SMILES string of the molecule is COc1ccc(C=CCO)c(OC)c1OC1OC(CO)C(O)C(OC2OCC(O)(CO)C2O)C1O. The molecule has 1 aromatic rings. The van der Waals surface area contributed by atoms with E-state index in [1.54, 1.807) is 18.2 Å². The van der Waals surface area contributed by atoms with Crippen molar-refractivity contribution in [2.45, 2.75) is 48.7 Å². The van der Waals surface area contributed by atoms with Crippen molar-refractivity contribution >= 4 is 6.08 Å². The van der Waals surface area contributed by atoms with E-state index in [1.165, 1.54) is 20.3 Å². The first-order valence-electron chi connectivity index (χ1n) is 10.8. The van der Waals surface area contributed by atoms with Crippen molar-refractivity contribution in [3.63, 3.8) is 0 Å². The van der Waals surface area contributed by atoms with Crippen molar-refractivity contribution in [1.82, 2.24) is 0 Å². The molecule has 2 aliphatic heterocycles. The van der Waals surface area contributed by atoms with Gasteiger partial charge in [0.25, 0.3) is 0 Å². The van der Waals surface area contributed by atoms with Gasteiger partial charge in [0.2, 0.25) is 12.0 Å². The summed E-state index contributed by atoms with van der Waals surface area (Å²) < 4.78 is 33.0. The Morgan fingerprint density at radius 3 is 2.34 bits per heavy atom. The Kier molecular flexibility index (Phi) is 9.28. The summed E-state index contributed by atoms with van der Waals surface area (Å²) >= 11 is 0. The van der Waals surface area contributed by atoms with Gasteiger partial charge in [-0.05, 0) is 12.1 Å². The maximum atomic E-state index is 11.0. The van der Waals surface area contributed by atoms with Crippen molar-refractivity contribution in [2.24, 2.45) is 0 Å². The molecule has 0 radical (unpaired) electrons. The van der Waals surface area contributed by atoms with E-state index in [2.05, 4.69) is 0 Å². The lowest BCUT2D eigenvalue weighted by Gasteiger charge is -2.42. The lowest BCUT2D eigenvalue weighted by Crippen LogP contribution is -2.62. The summed E-state index contributed by atoms with van der Waals surface area (Å²) in [4.78, 5) is 0. The molecule has 2 aliphatic rings. The minimum atomic E-state index is -1.98. The average Bonchev–Trinajstić information content (AvgIpc) is 3.15. The minimum Gasteiger partial charge on any atom is -0.493 e. The molecule has 13 heteroatoms. The monoisotopic (exact) mass is 504 g/mol. The van der Waals surface area contributed by atoms with Gasteiger partial charge in [0.05, 0.1) is 40.6 Å². The third-order valence-corrected chi connectivity index (χ3v) is 5.86. The van der Waals surface area contributed by atoms with E-state index in [0.29, 0.717) is 5.56 Å². The summed E-state index contributed by atoms with van der Waals surface area (Å²) in [6.45, 7) is -2.14. The van der Waals surface area contributed by atoms with E-state index in [0.717, 1.165) is 0 Å². The highest BCUT2D eigenvalue weighted by molar-refractivity contribution is 5.66. The summed E-state index contributed by atoms with van der Waals surface area (Å²) in [5.41, 5.74) is -1.47. The van der Waals surface area contributed by atoms with Gasteiger partial charge in [-0.2, -0.15) is 0 Å². The van der Waals surface area contributed by atoms with E-state index in [9.17, 15) is 30.6 Å². The Labute approximate surface area is 201 Å². The van der Waals surface area contributed by atoms with Gasteiger partial charge in [0.1, 0.15) is 36.1 Å². The fraction of sp³-hybridized carbons (Fsp3) is 0.636. The third-order valence-electron chi connectivity index (χ3n) is 5.86. The fourth-order valence-electron chi connectivity index (χ4n) is 3.85. The molecule has 0 aromatic heterocycles. The van der Waals surface area contributed by atoms with Crippen LogP contribution in [0.25, 0.3) is 6.08 Å². The van der Waals surface area contributed by atoms with Crippen LogP contribution in [0.3, 0.4) is 0 Å². The van der Waals surface area contributed by atoms with E-state index in [-0.39, 0.29) is 23.9 Å². The van der Waals surface area contributed by atoms with Crippen LogP contribution in [0, 0.1) is 0 Å². The van der Waals surface area contributed by atoms with Crippen LogP contribution in [-0.2, 0) is 14.2 Å². The van der Waals surface area contributed by atoms with Crippen LogP contribution in [0.4, 0.5) is 0 Å². The molecular formula is C22H32O13. The summed E-state index contributed by atoms with van der Waals surface area (Å²) in [7, 11) is 2.76. The normalized spacial score (nSPS) is 35.4. The molecule has 2 saturated heterocycles. The molecule has 0 aliphatic carbocycles. The second-order valence-electron chi connectivity index (χ2n) is 8.12. The quantitative estimate of drug-likeness (QED) is 0.175. The fourth-order valence-corrected chi connectivity index (χ4v) is 3.85. The van der Waals surface area contributed by atoms with Crippen molar-refractivity contribution in [3.05, 3.63) is 23.8 Å². The number of hydrogen-bond acceptors (Lipinski definition) is 13. The van der Waals surface area contributed by atoms with Crippen molar-refractivity contribution < 1.29 is 64.2 Å². The lowest BCUT2D eigenvalue weighted by molar-refractivity contribution is -0.313. The van der Waals surface area contributed by atoms with Crippen LogP contribution in [0.5, 0.6) is 17.2 Å². The van der Waals surface area contributed by atoms with Crippen LogP contribution >= 0.6 is 0 Å². The summed E-state index contributed by atoms with van der Waals surface area (Å²) in [6, 6.07) is 3.22. The molecule has 8 unspecified atom stereocenters. The number of methoxy groups -OCH3 is 2. The van der Waals surface area contributed by atoms with Gasteiger partial charge in [0, 0.05) is 5.56 Å². The Bertz CT molecular complexity index is 864. The Balaban J connectivity index is 1.89. The molecule has 2 heterocycles. The van der Waals surface area contributed by atoms with E-state index < -0.39 is 68.5 Å². The molecule has 35 heavy (non-hydrogen) atoms. The van der Waals surface area contributed by atoms with Gasteiger partial charge in [-0.1, -0.05) is 12.2 Å². The minimum absolute atomic E-state index is 0.0257. The summed E-state index contributed by atoms with van der Waals surface area (Å²) in [5.74, 6) is 0.430. The zero-order chi connectivity index (χ0) is 25.8. The predicted molar refractivity (Wildman–Crippen MR) is 117 cm³/mol. The second kappa shape index (κ2) is 11.8. The summed E-state index contributed by atoms with van der Waals surface area (Å²) in [5, 5.41) is 70.1. The molecule has 7 N–H and O–H groups in total. The van der Waals surface area contributed by atoms with Crippen LogP contribution < -0.4 is 14.2 Å². The first-order chi connectivity index (χ1) is 16.7. The molecule has 0 amide bonds. The smallest absolute Gasteiger partial charge is 0.229 e. The molecular weight excluding hydrogens is 472 g/mol. The lowest BCUT2D eigenvalue weighted by atomic mass is 9.98. The van der Waals surface area contributed by atoms with E-state index in [1.807, 2.05) is 0 Å². The maximum absolute atomic E-state index is 11.0. The van der Waals surface area contributed by atoms with Crippen LogP contribution in [0.1, 0.15) is 5.56 Å². The number of ether oxygens (including phenoxy) is 6. The van der Waals surface area contributed by atoms with Gasteiger partial charge in [0.15, 0.2) is 17.8 Å². The summed E-state index contributed by atoms with van der Waals surface area (Å²) in [6.07, 6.45) is -7.67. The number of aliphatic hydroxyl groups is 7. The first-order valence-corrected chi connectivity index (χ1v) is 10.8. The molecule has 0 saturated carbocycles. The molecule has 198 valence electrons. The molecule has 2 fully saturated rings.